The fraction of sp³-hybridized carbons (Fsp3) is 0.263. The molecule has 0 radical (unpaired) electrons. The molecule has 2 aromatic carbocycles. The van der Waals surface area contributed by atoms with Crippen LogP contribution >= 0.6 is 11.6 Å². The van der Waals surface area contributed by atoms with Gasteiger partial charge < -0.3 is 10.2 Å². The summed E-state index contributed by atoms with van der Waals surface area (Å²) in [7, 11) is 1.78. The first-order valence-electron chi connectivity index (χ1n) is 7.83. The smallest absolute Gasteiger partial charge is 0.251 e. The van der Waals surface area contributed by atoms with E-state index in [0.717, 1.165) is 5.56 Å². The minimum absolute atomic E-state index is 0.00864. The van der Waals surface area contributed by atoms with Crippen molar-refractivity contribution in [2.75, 3.05) is 13.6 Å². The van der Waals surface area contributed by atoms with Crippen LogP contribution in [-0.2, 0) is 4.79 Å². The molecular weight excluding hydrogens is 324 g/mol. The third-order valence-electron chi connectivity index (χ3n) is 3.99. The molecule has 5 heteroatoms. The molecule has 0 aliphatic heterocycles. The molecule has 4 nitrogen and oxygen atoms in total. The minimum Gasteiger partial charge on any atom is -0.352 e. The van der Waals surface area contributed by atoms with Crippen molar-refractivity contribution in [3.8, 4) is 0 Å². The maximum Gasteiger partial charge on any atom is 0.251 e. The zero-order valence-electron chi connectivity index (χ0n) is 13.8. The van der Waals surface area contributed by atoms with Crippen molar-refractivity contribution in [2.45, 2.75) is 19.4 Å². The maximum atomic E-state index is 12.3. The summed E-state index contributed by atoms with van der Waals surface area (Å²) in [6, 6.07) is 16.5. The maximum absolute atomic E-state index is 12.3. The van der Waals surface area contributed by atoms with Crippen LogP contribution in [0.5, 0.6) is 0 Å². The number of hydrogen-bond acceptors (Lipinski definition) is 2. The Kier molecular flexibility index (Phi) is 6.38. The van der Waals surface area contributed by atoms with Crippen molar-refractivity contribution in [2.24, 2.45) is 0 Å². The molecule has 0 heterocycles. The summed E-state index contributed by atoms with van der Waals surface area (Å²) in [6.07, 6.45) is 0.257. The van der Waals surface area contributed by atoms with Gasteiger partial charge in [0.25, 0.3) is 5.91 Å². The van der Waals surface area contributed by atoms with Gasteiger partial charge in [-0.2, -0.15) is 0 Å². The molecule has 1 atom stereocenters. The summed E-state index contributed by atoms with van der Waals surface area (Å²) in [6.45, 7) is 2.28. The molecule has 24 heavy (non-hydrogen) atoms. The molecule has 0 aliphatic rings. The Labute approximate surface area is 147 Å². The third kappa shape index (κ3) is 4.83. The molecule has 2 amide bonds. The topological polar surface area (TPSA) is 49.4 Å². The number of carbonyl (C=O) groups excluding carboxylic acids is 2. The summed E-state index contributed by atoms with van der Waals surface area (Å²) in [5, 5.41) is 3.34. The van der Waals surface area contributed by atoms with E-state index in [9.17, 15) is 9.59 Å². The van der Waals surface area contributed by atoms with Gasteiger partial charge in [-0.05, 0) is 36.8 Å². The fourth-order valence-electron chi connectivity index (χ4n) is 2.33. The summed E-state index contributed by atoms with van der Waals surface area (Å²) in [4.78, 5) is 26.0. The first-order valence-corrected chi connectivity index (χ1v) is 8.21. The molecule has 0 fully saturated rings. The lowest BCUT2D eigenvalue weighted by Crippen LogP contribution is -2.33. The van der Waals surface area contributed by atoms with Crippen LogP contribution in [0.1, 0.15) is 35.3 Å². The van der Waals surface area contributed by atoms with Gasteiger partial charge in [0, 0.05) is 30.6 Å². The molecule has 126 valence electrons. The second-order valence-electron chi connectivity index (χ2n) is 5.60. The molecule has 1 unspecified atom stereocenters. The van der Waals surface area contributed by atoms with Crippen LogP contribution in [0.4, 0.5) is 0 Å². The Morgan fingerprint density at radius 3 is 2.33 bits per heavy atom. The fourth-order valence-corrected chi connectivity index (χ4v) is 2.46. The Morgan fingerprint density at radius 2 is 1.71 bits per heavy atom. The number of halogens is 1. The molecule has 2 rings (SSSR count). The van der Waals surface area contributed by atoms with Crippen LogP contribution < -0.4 is 5.32 Å². The van der Waals surface area contributed by atoms with Crippen molar-refractivity contribution in [1.29, 1.82) is 0 Å². The molecular formula is C19H21ClN2O2. The van der Waals surface area contributed by atoms with Crippen molar-refractivity contribution in [1.82, 2.24) is 10.2 Å². The van der Waals surface area contributed by atoms with Gasteiger partial charge in [-0.15, -0.1) is 0 Å². The molecule has 0 bridgehead atoms. The standard InChI is InChI=1S/C19H21ClN2O2/c1-14(15-6-4-3-5-7-15)22(2)18(23)12-13-21-19(24)16-8-10-17(20)11-9-16/h3-11,14H,12-13H2,1-2H3,(H,21,24). The zero-order chi connectivity index (χ0) is 17.5. The average molecular weight is 345 g/mol. The molecule has 0 spiro atoms. The first-order chi connectivity index (χ1) is 11.5. The summed E-state index contributed by atoms with van der Waals surface area (Å²) in [5.41, 5.74) is 1.61. The zero-order valence-corrected chi connectivity index (χ0v) is 14.6. The monoisotopic (exact) mass is 344 g/mol. The Hall–Kier alpha value is -2.33. The first kappa shape index (κ1) is 18.0. The van der Waals surface area contributed by atoms with Crippen LogP contribution in [0.15, 0.2) is 54.6 Å². The van der Waals surface area contributed by atoms with E-state index in [1.54, 1.807) is 36.2 Å². The predicted molar refractivity (Wildman–Crippen MR) is 96.0 cm³/mol. The summed E-state index contributed by atoms with van der Waals surface area (Å²) < 4.78 is 0. The molecule has 0 saturated carbocycles. The number of nitrogens with zero attached hydrogens (tertiary/aromatic N) is 1. The second-order valence-corrected chi connectivity index (χ2v) is 6.04. The van der Waals surface area contributed by atoms with Gasteiger partial charge in [0.05, 0.1) is 6.04 Å². The van der Waals surface area contributed by atoms with E-state index < -0.39 is 0 Å². The number of amides is 2. The van der Waals surface area contributed by atoms with E-state index in [2.05, 4.69) is 5.32 Å². The van der Waals surface area contributed by atoms with Gasteiger partial charge in [-0.3, -0.25) is 9.59 Å². The van der Waals surface area contributed by atoms with Crippen molar-refractivity contribution < 1.29 is 9.59 Å². The van der Waals surface area contributed by atoms with Crippen LogP contribution in [0, 0.1) is 0 Å². The van der Waals surface area contributed by atoms with Crippen molar-refractivity contribution in [3.63, 3.8) is 0 Å². The highest BCUT2D eigenvalue weighted by molar-refractivity contribution is 6.30. The second kappa shape index (κ2) is 8.50. The van der Waals surface area contributed by atoms with Gasteiger partial charge in [0.15, 0.2) is 0 Å². The number of hydrogen-bond donors (Lipinski definition) is 1. The van der Waals surface area contributed by atoms with Crippen LogP contribution in [-0.4, -0.2) is 30.3 Å². The normalized spacial score (nSPS) is 11.6. The molecule has 0 saturated heterocycles. The third-order valence-corrected chi connectivity index (χ3v) is 4.24. The van der Waals surface area contributed by atoms with Crippen molar-refractivity contribution in [3.05, 3.63) is 70.7 Å². The Morgan fingerprint density at radius 1 is 1.08 bits per heavy atom. The number of benzene rings is 2. The van der Waals surface area contributed by atoms with Crippen LogP contribution in [0.2, 0.25) is 5.02 Å². The van der Waals surface area contributed by atoms with Crippen LogP contribution in [0.25, 0.3) is 0 Å². The predicted octanol–water partition coefficient (Wildman–Crippen LogP) is 3.68. The lowest BCUT2D eigenvalue weighted by atomic mass is 10.1. The van der Waals surface area contributed by atoms with Gasteiger partial charge in [-0.1, -0.05) is 41.9 Å². The van der Waals surface area contributed by atoms with Gasteiger partial charge >= 0.3 is 0 Å². The van der Waals surface area contributed by atoms with E-state index in [1.165, 1.54) is 0 Å². The summed E-state index contributed by atoms with van der Waals surface area (Å²) in [5.74, 6) is -0.221. The SMILES string of the molecule is CC(c1ccccc1)N(C)C(=O)CCNC(=O)c1ccc(Cl)cc1. The van der Waals surface area contributed by atoms with E-state index >= 15 is 0 Å². The Bertz CT molecular complexity index is 686. The number of carbonyl (C=O) groups is 2. The van der Waals surface area contributed by atoms with Crippen LogP contribution in [0.3, 0.4) is 0 Å². The number of nitrogens with one attached hydrogen (secondary N) is 1. The van der Waals surface area contributed by atoms with E-state index in [1.807, 2.05) is 37.3 Å². The van der Waals surface area contributed by atoms with E-state index in [0.29, 0.717) is 17.1 Å². The van der Waals surface area contributed by atoms with E-state index in [4.69, 9.17) is 11.6 Å². The van der Waals surface area contributed by atoms with E-state index in [-0.39, 0.29) is 24.3 Å². The summed E-state index contributed by atoms with van der Waals surface area (Å²) >= 11 is 5.80. The van der Waals surface area contributed by atoms with Gasteiger partial charge in [0.1, 0.15) is 0 Å². The quantitative estimate of drug-likeness (QED) is 0.869. The van der Waals surface area contributed by atoms with Gasteiger partial charge in [0.2, 0.25) is 5.91 Å². The average Bonchev–Trinajstić information content (AvgIpc) is 2.61. The minimum atomic E-state index is -0.210. The van der Waals surface area contributed by atoms with Gasteiger partial charge in [-0.25, -0.2) is 0 Å². The highest BCUT2D eigenvalue weighted by Gasteiger charge is 2.17. The van der Waals surface area contributed by atoms with Crippen molar-refractivity contribution >= 4 is 23.4 Å². The molecule has 1 N–H and O–H groups in total. The lowest BCUT2D eigenvalue weighted by molar-refractivity contribution is -0.131. The Balaban J connectivity index is 1.82. The molecule has 0 aromatic heterocycles. The highest BCUT2D eigenvalue weighted by Crippen LogP contribution is 2.18. The molecule has 0 aliphatic carbocycles. The highest BCUT2D eigenvalue weighted by atomic mass is 35.5. The molecule has 2 aromatic rings. The number of rotatable bonds is 6. The lowest BCUT2D eigenvalue weighted by Gasteiger charge is -2.25. The largest absolute Gasteiger partial charge is 0.352 e.